The molecule has 0 spiro atoms. The molecule has 4 aromatic carbocycles. The highest BCUT2D eigenvalue weighted by molar-refractivity contribution is 6.03. The van der Waals surface area contributed by atoms with Crippen molar-refractivity contribution in [1.82, 2.24) is 4.90 Å². The van der Waals surface area contributed by atoms with E-state index in [2.05, 4.69) is 19.6 Å². The van der Waals surface area contributed by atoms with Gasteiger partial charge in [0, 0.05) is 43.2 Å². The van der Waals surface area contributed by atoms with Crippen molar-refractivity contribution in [2.45, 2.75) is 154 Å². The number of ether oxygens (including phenoxy) is 4. The van der Waals surface area contributed by atoms with Crippen LogP contribution in [0.5, 0.6) is 11.5 Å². The van der Waals surface area contributed by atoms with E-state index in [1.807, 2.05) is 48.5 Å². The third-order valence-corrected chi connectivity index (χ3v) is 14.8. The predicted molar refractivity (Wildman–Crippen MR) is 282 cm³/mol. The molecule has 0 aromatic heterocycles. The second-order valence-corrected chi connectivity index (χ2v) is 20.0. The first-order valence-corrected chi connectivity index (χ1v) is 27.1. The van der Waals surface area contributed by atoms with Gasteiger partial charge in [0.05, 0.1) is 24.8 Å². The topological polar surface area (TPSA) is 119 Å². The predicted octanol–water partition coefficient (Wildman–Crippen LogP) is 13.9. The Kier molecular flexibility index (Phi) is 21.8. The number of nitrogens with zero attached hydrogens (tertiary/aromatic N) is 2. The molecule has 6 atom stereocenters. The number of rotatable bonds is 31. The summed E-state index contributed by atoms with van der Waals surface area (Å²) in [6, 6.07) is 27.3. The summed E-state index contributed by atoms with van der Waals surface area (Å²) in [4.78, 5) is 23.0. The van der Waals surface area contributed by atoms with E-state index in [9.17, 15) is 19.0 Å². The van der Waals surface area contributed by atoms with Gasteiger partial charge in [-0.2, -0.15) is 0 Å². The molecule has 394 valence electrons. The summed E-state index contributed by atoms with van der Waals surface area (Å²) in [6.07, 6.45) is 19.3. The summed E-state index contributed by atoms with van der Waals surface area (Å²) < 4.78 is 56.7. The molecule has 4 aromatic rings. The Morgan fingerprint density at radius 2 is 1.51 bits per heavy atom. The maximum atomic E-state index is 15.1. The number of carbonyl (C=O) groups is 1. The van der Waals surface area contributed by atoms with Crippen LogP contribution in [0.15, 0.2) is 127 Å². The zero-order valence-corrected chi connectivity index (χ0v) is 43.0. The highest BCUT2D eigenvalue weighted by Gasteiger charge is 2.65. The van der Waals surface area contributed by atoms with Crippen LogP contribution in [0.2, 0.25) is 0 Å². The van der Waals surface area contributed by atoms with Gasteiger partial charge in [0.15, 0.2) is 0 Å². The highest BCUT2D eigenvalue weighted by atomic mass is 19.1. The highest BCUT2D eigenvalue weighted by Crippen LogP contribution is 2.62. The fraction of sp³-hybridized carbons (Fsp3) is 0.508. The maximum absolute atomic E-state index is 15.1. The fourth-order valence-electron chi connectivity index (χ4n) is 11.2. The van der Waals surface area contributed by atoms with Crippen molar-refractivity contribution in [3.8, 4) is 11.5 Å². The zero-order valence-electron chi connectivity index (χ0n) is 43.0. The molecule has 1 fully saturated rings. The minimum absolute atomic E-state index is 0.00440. The summed E-state index contributed by atoms with van der Waals surface area (Å²) in [5, 5.41) is 25.1. The van der Waals surface area contributed by atoms with E-state index in [0.717, 1.165) is 61.6 Å². The molecule has 10 nitrogen and oxygen atoms in total. The Morgan fingerprint density at radius 1 is 0.808 bits per heavy atom. The second-order valence-electron chi connectivity index (χ2n) is 20.0. The van der Waals surface area contributed by atoms with Crippen LogP contribution >= 0.6 is 0 Å². The van der Waals surface area contributed by atoms with Crippen LogP contribution in [0.3, 0.4) is 0 Å². The molecular formula is C61H78F2N2O8. The summed E-state index contributed by atoms with van der Waals surface area (Å²) in [7, 11) is 0. The van der Waals surface area contributed by atoms with Crippen molar-refractivity contribution in [2.75, 3.05) is 26.4 Å². The first kappa shape index (κ1) is 55.2. The van der Waals surface area contributed by atoms with E-state index in [1.54, 1.807) is 41.3 Å². The van der Waals surface area contributed by atoms with Crippen molar-refractivity contribution >= 4 is 11.8 Å². The number of aliphatic hydroxyl groups excluding tert-OH is 2. The summed E-state index contributed by atoms with van der Waals surface area (Å²) in [5.41, 5.74) is 4.45. The Labute approximate surface area is 432 Å². The molecule has 7 rings (SSSR count). The molecule has 12 heteroatoms. The van der Waals surface area contributed by atoms with Gasteiger partial charge in [-0.1, -0.05) is 156 Å². The first-order chi connectivity index (χ1) is 35.8. The molecule has 1 amide bonds. The lowest BCUT2D eigenvalue weighted by Crippen LogP contribution is -2.70. The quantitative estimate of drug-likeness (QED) is 0.0291. The molecule has 2 aliphatic carbocycles. The molecule has 0 bridgehead atoms. The van der Waals surface area contributed by atoms with Gasteiger partial charge in [-0.15, -0.1) is 6.58 Å². The molecular weight excluding hydrogens is 927 g/mol. The van der Waals surface area contributed by atoms with Crippen molar-refractivity contribution in [3.05, 3.63) is 155 Å². The largest absolute Gasteiger partial charge is 0.489 e. The first-order valence-electron chi connectivity index (χ1n) is 27.1. The number of fused-ring (bicyclic) bond motifs is 2. The number of benzene rings is 4. The third-order valence-electron chi connectivity index (χ3n) is 14.8. The normalized spacial score (nSPS) is 21.4. The number of hydrogen-bond donors (Lipinski definition) is 2. The Hall–Kier alpha value is -5.56. The van der Waals surface area contributed by atoms with Gasteiger partial charge in [0.2, 0.25) is 5.79 Å². The third kappa shape index (κ3) is 14.8. The van der Waals surface area contributed by atoms with E-state index in [0.29, 0.717) is 47.6 Å². The lowest BCUT2D eigenvalue weighted by Gasteiger charge is -2.59. The SMILES string of the molecule is C=CCO[C@@]12Oc3ccc(OCc4ccccc4F)cc3[C@H]3[C@H](CCCCO)[C@@H](CCCCO)C=C(C(=NOCc4ccccc4)C[C@@H]1N(Cc1ccc(F)cc1)C(=O)OCCCCCCCCCCCC)[C@H]32. The molecule has 1 heterocycles. The molecule has 0 saturated heterocycles. The standard InChI is InChI=1S/C61H78F2N2O8/c1-3-5-6-7-8-9-10-11-12-22-38-69-60(68)65(42-45-29-31-49(62)32-30-45)57-41-55(64-72-43-46-23-14-13-15-24-46)52-39-47(25-18-20-35-66)51(27-19-21-36-67)58-53-40-50(70-44-48-26-16-17-28-54(48)63)33-34-56(53)73-61(57,59(52)58)71-37-4-2/h4,13-17,23-24,26,28-34,39-40,47,51,57-59,66-67H,2-3,5-12,18-22,25,27,35-38,41-44H2,1H3/t47-,51+,57-,58+,59+,61+/m0/s1. The van der Waals surface area contributed by atoms with Gasteiger partial charge in [-0.25, -0.2) is 13.6 Å². The van der Waals surface area contributed by atoms with E-state index < -0.39 is 29.7 Å². The van der Waals surface area contributed by atoms with E-state index in [1.165, 1.54) is 56.7 Å². The maximum Gasteiger partial charge on any atom is 0.410 e. The number of halogens is 2. The smallest absolute Gasteiger partial charge is 0.410 e. The van der Waals surface area contributed by atoms with Gasteiger partial charge in [0.1, 0.15) is 42.4 Å². The number of unbranched alkanes of at least 4 members (excludes halogenated alkanes) is 11. The molecule has 73 heavy (non-hydrogen) atoms. The number of allylic oxidation sites excluding steroid dienone is 1. The monoisotopic (exact) mass is 1000 g/mol. The Morgan fingerprint density at radius 3 is 2.22 bits per heavy atom. The average Bonchev–Trinajstić information content (AvgIpc) is 3.40. The van der Waals surface area contributed by atoms with Gasteiger partial charge in [0.25, 0.3) is 0 Å². The lowest BCUT2D eigenvalue weighted by molar-refractivity contribution is -0.256. The van der Waals surface area contributed by atoms with Crippen LogP contribution in [0, 0.1) is 29.4 Å². The van der Waals surface area contributed by atoms with Gasteiger partial charge >= 0.3 is 6.09 Å². The van der Waals surface area contributed by atoms with Gasteiger partial charge < -0.3 is 34.0 Å². The number of hydrogen-bond acceptors (Lipinski definition) is 9. The summed E-state index contributed by atoms with van der Waals surface area (Å²) >= 11 is 0. The van der Waals surface area contributed by atoms with Crippen LogP contribution in [0.1, 0.15) is 144 Å². The van der Waals surface area contributed by atoms with E-state index >= 15 is 4.79 Å². The molecule has 1 saturated carbocycles. The minimum Gasteiger partial charge on any atom is -0.489 e. The van der Waals surface area contributed by atoms with Crippen LogP contribution in [-0.4, -0.2) is 65.2 Å². The number of aliphatic hydroxyl groups is 2. The Balaban J connectivity index is 1.33. The summed E-state index contributed by atoms with van der Waals surface area (Å²) in [6.45, 7) is 7.00. The van der Waals surface area contributed by atoms with Crippen LogP contribution in [0.25, 0.3) is 0 Å². The molecule has 0 radical (unpaired) electrons. The molecule has 2 N–H and O–H groups in total. The fourth-order valence-corrected chi connectivity index (χ4v) is 11.2. The lowest BCUT2D eigenvalue weighted by atomic mass is 9.55. The van der Waals surface area contributed by atoms with E-state index in [4.69, 9.17) is 28.9 Å². The minimum atomic E-state index is -1.55. The van der Waals surface area contributed by atoms with Crippen molar-refractivity contribution in [3.63, 3.8) is 0 Å². The summed E-state index contributed by atoms with van der Waals surface area (Å²) in [5.74, 6) is -2.14. The molecule has 0 unspecified atom stereocenters. The van der Waals surface area contributed by atoms with Crippen molar-refractivity contribution < 1.29 is 47.6 Å². The van der Waals surface area contributed by atoms with E-state index in [-0.39, 0.29) is 76.2 Å². The van der Waals surface area contributed by atoms with Gasteiger partial charge in [-0.3, -0.25) is 4.90 Å². The van der Waals surface area contributed by atoms with Crippen LogP contribution < -0.4 is 9.47 Å². The van der Waals surface area contributed by atoms with Crippen molar-refractivity contribution in [2.24, 2.45) is 22.9 Å². The average molecular weight is 1010 g/mol. The van der Waals surface area contributed by atoms with Crippen molar-refractivity contribution in [1.29, 1.82) is 0 Å². The number of amides is 1. The molecule has 1 aliphatic heterocycles. The Bertz CT molecular complexity index is 2380. The molecule has 3 aliphatic rings. The number of carbonyl (C=O) groups excluding carboxylic acids is 1. The van der Waals surface area contributed by atoms with Crippen LogP contribution in [-0.2, 0) is 34.1 Å². The zero-order chi connectivity index (χ0) is 51.3. The van der Waals surface area contributed by atoms with Gasteiger partial charge in [-0.05, 0) is 97.0 Å². The second kappa shape index (κ2) is 28.8. The number of oxime groups is 1. The van der Waals surface area contributed by atoms with Crippen LogP contribution in [0.4, 0.5) is 13.6 Å².